The molecule has 2 aromatic rings. The van der Waals surface area contributed by atoms with E-state index < -0.39 is 27.3 Å². The Balaban J connectivity index is 1.46. The normalized spacial score (nSPS) is 18.0. The number of hydrogen-bond donors (Lipinski definition) is 3. The Kier molecular flexibility index (Phi) is 6.80. The van der Waals surface area contributed by atoms with Crippen molar-refractivity contribution in [1.29, 1.82) is 0 Å². The third-order valence-corrected chi connectivity index (χ3v) is 4.83. The third-order valence-electron chi connectivity index (χ3n) is 4.83. The van der Waals surface area contributed by atoms with Gasteiger partial charge >= 0.3 is 11.7 Å². The van der Waals surface area contributed by atoms with E-state index in [1.807, 2.05) is 0 Å². The lowest BCUT2D eigenvalue weighted by Gasteiger charge is -2.29. The zero-order valence-corrected chi connectivity index (χ0v) is 16.2. The maximum Gasteiger partial charge on any atom is 0.333 e. The van der Waals surface area contributed by atoms with Crippen LogP contribution >= 0.6 is 0 Å². The van der Waals surface area contributed by atoms with Crippen LogP contribution in [0.4, 0.5) is 26.2 Å². The topological polar surface area (TPSA) is 149 Å². The van der Waals surface area contributed by atoms with Crippen molar-refractivity contribution in [3.63, 3.8) is 0 Å². The highest BCUT2D eigenvalue weighted by Crippen LogP contribution is 2.28. The number of benzene rings is 2. The molecule has 1 aliphatic rings. The number of nitrogens with zero attached hydrogens (tertiary/aromatic N) is 2. The summed E-state index contributed by atoms with van der Waals surface area (Å²) in [6, 6.07) is 8.14. The van der Waals surface area contributed by atoms with Gasteiger partial charge in [-0.05, 0) is 56.0 Å². The van der Waals surface area contributed by atoms with Gasteiger partial charge < -0.3 is 10.1 Å². The zero-order chi connectivity index (χ0) is 22.4. The molecule has 0 aliphatic heterocycles. The van der Waals surface area contributed by atoms with E-state index in [9.17, 15) is 29.4 Å². The lowest BCUT2D eigenvalue weighted by Crippen LogP contribution is -2.46. The fourth-order valence-electron chi connectivity index (χ4n) is 3.27. The summed E-state index contributed by atoms with van der Waals surface area (Å²) in [5, 5.41) is 24.7. The quantitative estimate of drug-likeness (QED) is 0.446. The van der Waals surface area contributed by atoms with Gasteiger partial charge in [0.15, 0.2) is 0 Å². The molecule has 164 valence electrons. The Morgan fingerprint density at radius 2 is 1.68 bits per heavy atom. The van der Waals surface area contributed by atoms with Crippen molar-refractivity contribution in [2.45, 2.75) is 37.8 Å². The minimum atomic E-state index is -0.780. The van der Waals surface area contributed by atoms with Gasteiger partial charge in [-0.15, -0.1) is 0 Å². The Morgan fingerprint density at radius 3 is 2.29 bits per heavy atom. The number of rotatable bonds is 7. The molecule has 2 aromatic carbocycles. The summed E-state index contributed by atoms with van der Waals surface area (Å²) in [4.78, 5) is 32.5. The molecule has 12 heteroatoms. The molecule has 0 aromatic heterocycles. The van der Waals surface area contributed by atoms with E-state index in [1.54, 1.807) is 12.1 Å². The van der Waals surface area contributed by atoms with Crippen LogP contribution in [-0.2, 0) is 0 Å². The average Bonchev–Trinajstić information content (AvgIpc) is 2.75. The molecule has 31 heavy (non-hydrogen) atoms. The fourth-order valence-corrected chi connectivity index (χ4v) is 3.27. The summed E-state index contributed by atoms with van der Waals surface area (Å²) in [6.45, 7) is 0. The number of carbonyl (C=O) groups excluding carboxylic acids is 1. The number of carbonyl (C=O) groups is 1. The summed E-state index contributed by atoms with van der Waals surface area (Å²) in [7, 11) is 0. The van der Waals surface area contributed by atoms with Gasteiger partial charge in [0.05, 0.1) is 22.0 Å². The summed E-state index contributed by atoms with van der Waals surface area (Å²) in [6.07, 6.45) is 2.69. The monoisotopic (exact) mass is 433 g/mol. The minimum absolute atomic E-state index is 0.0348. The molecule has 0 saturated heterocycles. The van der Waals surface area contributed by atoms with Gasteiger partial charge in [-0.3, -0.25) is 31.1 Å². The number of non-ortho nitro benzene ring substituents is 1. The molecular formula is C19H20FN5O6. The number of halogens is 1. The molecule has 2 amide bonds. The molecule has 0 bridgehead atoms. The van der Waals surface area contributed by atoms with E-state index in [2.05, 4.69) is 16.2 Å². The van der Waals surface area contributed by atoms with E-state index >= 15 is 0 Å². The largest absolute Gasteiger partial charge is 0.490 e. The van der Waals surface area contributed by atoms with Crippen molar-refractivity contribution >= 4 is 23.1 Å². The number of anilines is 1. The molecule has 3 N–H and O–H groups in total. The molecule has 11 nitrogen and oxygen atoms in total. The molecule has 3 rings (SSSR count). The van der Waals surface area contributed by atoms with Crippen LogP contribution in [0.15, 0.2) is 42.5 Å². The van der Waals surface area contributed by atoms with Crippen LogP contribution in [0.3, 0.4) is 0 Å². The van der Waals surface area contributed by atoms with Crippen molar-refractivity contribution in [2.24, 2.45) is 0 Å². The zero-order valence-electron chi connectivity index (χ0n) is 16.2. The van der Waals surface area contributed by atoms with E-state index in [4.69, 9.17) is 4.74 Å². The summed E-state index contributed by atoms with van der Waals surface area (Å²) in [5.41, 5.74) is 3.67. The summed E-state index contributed by atoms with van der Waals surface area (Å²) >= 11 is 0. The highest BCUT2D eigenvalue weighted by molar-refractivity contribution is 5.77. The second-order valence-electron chi connectivity index (χ2n) is 6.98. The van der Waals surface area contributed by atoms with Crippen molar-refractivity contribution in [3.05, 3.63) is 68.5 Å². The van der Waals surface area contributed by atoms with Gasteiger partial charge in [-0.25, -0.2) is 9.18 Å². The van der Waals surface area contributed by atoms with Crippen LogP contribution in [0.1, 0.15) is 25.7 Å². The third kappa shape index (κ3) is 6.01. The van der Waals surface area contributed by atoms with E-state index in [-0.39, 0.29) is 23.7 Å². The average molecular weight is 433 g/mol. The summed E-state index contributed by atoms with van der Waals surface area (Å²) < 4.78 is 18.8. The van der Waals surface area contributed by atoms with Crippen molar-refractivity contribution in [3.8, 4) is 5.75 Å². The number of urea groups is 1. The minimum Gasteiger partial charge on any atom is -0.490 e. The molecule has 0 spiro atoms. The lowest BCUT2D eigenvalue weighted by molar-refractivity contribution is -0.393. The number of amides is 2. The number of nitro benzene ring substituents is 2. The summed E-state index contributed by atoms with van der Waals surface area (Å²) in [5.74, 6) is 0.253. The Bertz CT molecular complexity index is 963. The van der Waals surface area contributed by atoms with Crippen molar-refractivity contribution in [1.82, 2.24) is 10.7 Å². The van der Waals surface area contributed by atoms with Gasteiger partial charge in [-0.1, -0.05) is 0 Å². The van der Waals surface area contributed by atoms with Crippen LogP contribution in [0.2, 0.25) is 0 Å². The Hall–Kier alpha value is -3.96. The highest BCUT2D eigenvalue weighted by Gasteiger charge is 2.24. The molecule has 0 heterocycles. The van der Waals surface area contributed by atoms with Gasteiger partial charge in [-0.2, -0.15) is 0 Å². The number of hydrazine groups is 1. The molecule has 1 fully saturated rings. The SMILES string of the molecule is O=C(NNc1ccc([N+](=O)[O-])cc1[N+](=O)[O-])NC1CCC(Oc2ccc(F)cc2)CC1. The van der Waals surface area contributed by atoms with Gasteiger partial charge in [0.2, 0.25) is 0 Å². The van der Waals surface area contributed by atoms with Gasteiger partial charge in [0.1, 0.15) is 17.3 Å². The first-order chi connectivity index (χ1) is 14.8. The predicted octanol–water partition coefficient (Wildman–Crippen LogP) is 3.66. The first-order valence-electron chi connectivity index (χ1n) is 9.49. The maximum atomic E-state index is 13.0. The van der Waals surface area contributed by atoms with E-state index in [0.29, 0.717) is 31.4 Å². The molecule has 0 radical (unpaired) electrons. The Labute approximate surface area is 175 Å². The van der Waals surface area contributed by atoms with Crippen LogP contribution in [0, 0.1) is 26.0 Å². The number of ether oxygens (including phenoxy) is 1. The first-order valence-corrected chi connectivity index (χ1v) is 9.49. The number of hydrogen-bond acceptors (Lipinski definition) is 7. The van der Waals surface area contributed by atoms with Crippen LogP contribution in [0.25, 0.3) is 0 Å². The number of nitro groups is 2. The maximum absolute atomic E-state index is 13.0. The predicted molar refractivity (Wildman–Crippen MR) is 108 cm³/mol. The van der Waals surface area contributed by atoms with Gasteiger partial charge in [0, 0.05) is 12.1 Å². The first kappa shape index (κ1) is 21.7. The molecule has 0 unspecified atom stereocenters. The Morgan fingerprint density at radius 1 is 1.00 bits per heavy atom. The van der Waals surface area contributed by atoms with Crippen LogP contribution < -0.4 is 20.9 Å². The second-order valence-corrected chi connectivity index (χ2v) is 6.98. The van der Waals surface area contributed by atoms with E-state index in [1.165, 1.54) is 12.1 Å². The van der Waals surface area contributed by atoms with E-state index in [0.717, 1.165) is 18.2 Å². The van der Waals surface area contributed by atoms with Crippen molar-refractivity contribution in [2.75, 3.05) is 5.43 Å². The van der Waals surface area contributed by atoms with Gasteiger partial charge in [0.25, 0.3) is 5.69 Å². The molecule has 1 saturated carbocycles. The highest BCUT2D eigenvalue weighted by atomic mass is 19.1. The van der Waals surface area contributed by atoms with Crippen molar-refractivity contribution < 1.29 is 23.8 Å². The second kappa shape index (κ2) is 9.69. The van der Waals surface area contributed by atoms with Crippen LogP contribution in [-0.4, -0.2) is 28.0 Å². The van der Waals surface area contributed by atoms with Crippen LogP contribution in [0.5, 0.6) is 5.75 Å². The molecular weight excluding hydrogens is 413 g/mol. The smallest absolute Gasteiger partial charge is 0.333 e. The fraction of sp³-hybridized carbons (Fsp3) is 0.316. The lowest BCUT2D eigenvalue weighted by atomic mass is 9.93. The number of nitrogens with one attached hydrogen (secondary N) is 3. The molecule has 1 aliphatic carbocycles. The standard InChI is InChI=1S/C19H20FN5O6/c20-12-1-6-15(7-2-12)31-16-8-3-13(4-9-16)21-19(26)23-22-17-10-5-14(24(27)28)11-18(17)25(29)30/h1-2,5-7,10-11,13,16,22H,3-4,8-9H2,(H2,21,23,26). The molecule has 0 atom stereocenters.